The van der Waals surface area contributed by atoms with E-state index in [1.807, 2.05) is 32.9 Å². The lowest BCUT2D eigenvalue weighted by atomic mass is 10.2. The first-order valence-electron chi connectivity index (χ1n) is 5.89. The molecular weight excluding hydrogens is 262 g/mol. The van der Waals surface area contributed by atoms with Crippen LogP contribution in [0.15, 0.2) is 18.3 Å². The largest absolute Gasteiger partial charge is 0.261 e. The maximum Gasteiger partial charge on any atom is 0.187 e. The Hall–Kier alpha value is -2.01. The molecule has 0 saturated heterocycles. The van der Waals surface area contributed by atoms with E-state index in [2.05, 4.69) is 20.3 Å². The lowest BCUT2D eigenvalue weighted by Crippen LogP contribution is -2.01. The van der Waals surface area contributed by atoms with Gasteiger partial charge in [-0.15, -0.1) is 10.2 Å². The number of pyridine rings is 1. The molecule has 3 rings (SSSR count). The van der Waals surface area contributed by atoms with Crippen molar-refractivity contribution in [1.82, 2.24) is 24.8 Å². The van der Waals surface area contributed by atoms with Crippen LogP contribution in [-0.4, -0.2) is 24.8 Å². The van der Waals surface area contributed by atoms with Crippen molar-refractivity contribution in [2.24, 2.45) is 0 Å². The highest BCUT2D eigenvalue weighted by Gasteiger charge is 2.16. The summed E-state index contributed by atoms with van der Waals surface area (Å²) in [6.07, 6.45) is 1.75. The molecule has 0 atom stereocenters. The summed E-state index contributed by atoms with van der Waals surface area (Å²) < 4.78 is 1.68. The second-order valence-electron chi connectivity index (χ2n) is 4.44. The van der Waals surface area contributed by atoms with E-state index in [4.69, 9.17) is 11.6 Å². The molecular formula is C13H12ClN5. The number of hydrogen-bond donors (Lipinski definition) is 0. The number of nitrogens with zero attached hydrogens (tertiary/aromatic N) is 5. The molecule has 3 aromatic rings. The average Bonchev–Trinajstić information content (AvgIpc) is 2.80. The Bertz CT molecular complexity index is 778. The fraction of sp³-hybridized carbons (Fsp3) is 0.231. The van der Waals surface area contributed by atoms with Crippen molar-refractivity contribution in [2.75, 3.05) is 0 Å². The van der Waals surface area contributed by atoms with Gasteiger partial charge < -0.3 is 0 Å². The Morgan fingerprint density at radius 2 is 1.89 bits per heavy atom. The van der Waals surface area contributed by atoms with Gasteiger partial charge in [0, 0.05) is 23.0 Å². The van der Waals surface area contributed by atoms with Gasteiger partial charge in [-0.2, -0.15) is 9.61 Å². The molecule has 0 radical (unpaired) electrons. The number of halogens is 1. The van der Waals surface area contributed by atoms with Gasteiger partial charge in [0.15, 0.2) is 16.6 Å². The van der Waals surface area contributed by atoms with Crippen molar-refractivity contribution in [1.29, 1.82) is 0 Å². The van der Waals surface area contributed by atoms with Gasteiger partial charge in [-0.25, -0.2) is 0 Å². The molecule has 96 valence electrons. The molecule has 5 nitrogen and oxygen atoms in total. The molecule has 0 aliphatic carbocycles. The normalized spacial score (nSPS) is 11.2. The van der Waals surface area contributed by atoms with Gasteiger partial charge in [0.1, 0.15) is 0 Å². The molecule has 0 aliphatic heterocycles. The van der Waals surface area contributed by atoms with Crippen LogP contribution < -0.4 is 0 Å². The van der Waals surface area contributed by atoms with Gasteiger partial charge in [-0.3, -0.25) is 4.98 Å². The summed E-state index contributed by atoms with van der Waals surface area (Å²) in [7, 11) is 0. The lowest BCUT2D eigenvalue weighted by molar-refractivity contribution is 0.916. The predicted molar refractivity (Wildman–Crippen MR) is 73.2 cm³/mol. The van der Waals surface area contributed by atoms with Gasteiger partial charge >= 0.3 is 0 Å². The standard InChI is InChI=1S/C13H12ClN5/c1-7-8(2)12-16-17-13(19(12)18-11(7)14)10-5-4-6-15-9(10)3/h4-6H,1-3H3. The fourth-order valence-electron chi connectivity index (χ4n) is 1.98. The first-order chi connectivity index (χ1) is 9.09. The molecule has 0 N–H and O–H groups in total. The van der Waals surface area contributed by atoms with Gasteiger partial charge in [0.05, 0.1) is 0 Å². The van der Waals surface area contributed by atoms with E-state index in [1.165, 1.54) is 0 Å². The van der Waals surface area contributed by atoms with Crippen LogP contribution in [0.3, 0.4) is 0 Å². The van der Waals surface area contributed by atoms with Crippen LogP contribution in [0.4, 0.5) is 0 Å². The molecule has 0 spiro atoms. The van der Waals surface area contributed by atoms with Crippen molar-refractivity contribution < 1.29 is 0 Å². The highest BCUT2D eigenvalue weighted by atomic mass is 35.5. The number of aryl methyl sites for hydroxylation is 2. The summed E-state index contributed by atoms with van der Waals surface area (Å²) in [5.41, 5.74) is 4.42. The molecule has 0 unspecified atom stereocenters. The average molecular weight is 274 g/mol. The Morgan fingerprint density at radius 3 is 2.63 bits per heavy atom. The van der Waals surface area contributed by atoms with E-state index in [0.29, 0.717) is 11.0 Å². The minimum Gasteiger partial charge on any atom is -0.261 e. The number of aromatic nitrogens is 5. The highest BCUT2D eigenvalue weighted by Crippen LogP contribution is 2.24. The van der Waals surface area contributed by atoms with Crippen molar-refractivity contribution in [3.63, 3.8) is 0 Å². The van der Waals surface area contributed by atoms with E-state index in [1.54, 1.807) is 10.7 Å². The monoisotopic (exact) mass is 273 g/mol. The minimum absolute atomic E-state index is 0.465. The molecule has 0 saturated carbocycles. The van der Waals surface area contributed by atoms with Crippen LogP contribution >= 0.6 is 11.6 Å². The second-order valence-corrected chi connectivity index (χ2v) is 4.79. The van der Waals surface area contributed by atoms with Crippen LogP contribution in [0.2, 0.25) is 5.15 Å². The van der Waals surface area contributed by atoms with Crippen molar-refractivity contribution in [2.45, 2.75) is 20.8 Å². The van der Waals surface area contributed by atoms with Crippen LogP contribution in [0.25, 0.3) is 17.0 Å². The van der Waals surface area contributed by atoms with Crippen molar-refractivity contribution in [3.8, 4) is 11.4 Å². The molecule has 3 aromatic heterocycles. The third kappa shape index (κ3) is 1.77. The van der Waals surface area contributed by atoms with Crippen LogP contribution in [0.5, 0.6) is 0 Å². The summed E-state index contributed by atoms with van der Waals surface area (Å²) in [5.74, 6) is 0.658. The molecule has 0 aliphatic rings. The maximum absolute atomic E-state index is 6.15. The first-order valence-corrected chi connectivity index (χ1v) is 6.27. The van der Waals surface area contributed by atoms with Gasteiger partial charge in [0.25, 0.3) is 0 Å². The summed E-state index contributed by atoms with van der Waals surface area (Å²) in [6.45, 7) is 5.82. The zero-order valence-electron chi connectivity index (χ0n) is 10.8. The van der Waals surface area contributed by atoms with Gasteiger partial charge in [-0.05, 0) is 38.5 Å². The van der Waals surface area contributed by atoms with Crippen LogP contribution in [0.1, 0.15) is 16.8 Å². The molecule has 19 heavy (non-hydrogen) atoms. The van der Waals surface area contributed by atoms with E-state index < -0.39 is 0 Å². The summed E-state index contributed by atoms with van der Waals surface area (Å²) in [6, 6.07) is 3.82. The second kappa shape index (κ2) is 4.28. The van der Waals surface area contributed by atoms with E-state index in [0.717, 1.165) is 28.0 Å². The zero-order chi connectivity index (χ0) is 13.6. The van der Waals surface area contributed by atoms with E-state index >= 15 is 0 Å². The summed E-state index contributed by atoms with van der Waals surface area (Å²) in [5, 5.41) is 13.2. The lowest BCUT2D eigenvalue weighted by Gasteiger charge is -2.06. The van der Waals surface area contributed by atoms with Gasteiger partial charge in [-0.1, -0.05) is 11.6 Å². The number of rotatable bonds is 1. The van der Waals surface area contributed by atoms with E-state index in [-0.39, 0.29) is 0 Å². The molecule has 0 aromatic carbocycles. The van der Waals surface area contributed by atoms with Crippen LogP contribution in [0, 0.1) is 20.8 Å². The Kier molecular flexibility index (Phi) is 2.71. The Labute approximate surface area is 115 Å². The van der Waals surface area contributed by atoms with Gasteiger partial charge in [0.2, 0.25) is 0 Å². The summed E-state index contributed by atoms with van der Waals surface area (Å²) >= 11 is 6.15. The molecule has 3 heterocycles. The topological polar surface area (TPSA) is 56.0 Å². The molecule has 0 amide bonds. The van der Waals surface area contributed by atoms with Crippen molar-refractivity contribution in [3.05, 3.63) is 40.3 Å². The van der Waals surface area contributed by atoms with Crippen LogP contribution in [-0.2, 0) is 0 Å². The summed E-state index contributed by atoms with van der Waals surface area (Å²) in [4.78, 5) is 4.26. The molecule has 0 fully saturated rings. The predicted octanol–water partition coefficient (Wildman–Crippen LogP) is 2.76. The zero-order valence-corrected chi connectivity index (χ0v) is 11.6. The maximum atomic E-state index is 6.15. The Morgan fingerprint density at radius 1 is 1.11 bits per heavy atom. The number of hydrogen-bond acceptors (Lipinski definition) is 4. The SMILES string of the molecule is Cc1ncccc1-c1nnc2c(C)c(C)c(Cl)nn12. The first kappa shape index (κ1) is 12.0. The quantitative estimate of drug-likeness (QED) is 0.684. The highest BCUT2D eigenvalue weighted by molar-refractivity contribution is 6.30. The number of fused-ring (bicyclic) bond motifs is 1. The molecule has 6 heteroatoms. The fourth-order valence-corrected chi connectivity index (χ4v) is 2.20. The van der Waals surface area contributed by atoms with Crippen molar-refractivity contribution >= 4 is 17.2 Å². The third-order valence-corrected chi connectivity index (χ3v) is 3.64. The third-order valence-electron chi connectivity index (χ3n) is 3.28. The molecule has 0 bridgehead atoms. The minimum atomic E-state index is 0.465. The Balaban J connectivity index is 2.36. The van der Waals surface area contributed by atoms with E-state index in [9.17, 15) is 0 Å². The smallest absolute Gasteiger partial charge is 0.187 e.